The van der Waals surface area contributed by atoms with Crippen LogP contribution in [0.25, 0.3) is 0 Å². The fourth-order valence-electron chi connectivity index (χ4n) is 3.05. The highest BCUT2D eigenvalue weighted by Crippen LogP contribution is 2.26. The maximum absolute atomic E-state index is 12.6. The van der Waals surface area contributed by atoms with E-state index in [1.54, 1.807) is 17.0 Å². The molecule has 1 aromatic rings. The summed E-state index contributed by atoms with van der Waals surface area (Å²) < 4.78 is 0. The van der Waals surface area contributed by atoms with Gasteiger partial charge in [-0.15, -0.1) is 0 Å². The topological polar surface area (TPSA) is 62.3 Å². The number of halogens is 1. The van der Waals surface area contributed by atoms with E-state index in [0.29, 0.717) is 10.7 Å². The number of pyridine rings is 1. The van der Waals surface area contributed by atoms with Crippen molar-refractivity contribution in [3.05, 3.63) is 29.0 Å². The Morgan fingerprint density at radius 1 is 1.35 bits per heavy atom. The van der Waals surface area contributed by atoms with E-state index in [4.69, 9.17) is 11.6 Å². The Kier molecular flexibility index (Phi) is 3.61. The molecule has 0 bridgehead atoms. The zero-order valence-corrected chi connectivity index (χ0v) is 11.8. The molecule has 0 spiro atoms. The van der Waals surface area contributed by atoms with Crippen molar-refractivity contribution in [2.45, 2.75) is 37.8 Å². The molecule has 20 heavy (non-hydrogen) atoms. The molecule has 2 aliphatic rings. The van der Waals surface area contributed by atoms with Gasteiger partial charge in [-0.1, -0.05) is 24.4 Å². The lowest BCUT2D eigenvalue weighted by atomic mass is 9.87. The molecule has 1 aromatic heterocycles. The molecule has 2 fully saturated rings. The van der Waals surface area contributed by atoms with Crippen molar-refractivity contribution in [2.75, 3.05) is 6.54 Å². The van der Waals surface area contributed by atoms with Gasteiger partial charge in [0.15, 0.2) is 0 Å². The van der Waals surface area contributed by atoms with E-state index in [-0.39, 0.29) is 30.4 Å². The van der Waals surface area contributed by atoms with Gasteiger partial charge in [-0.3, -0.25) is 9.59 Å². The summed E-state index contributed by atoms with van der Waals surface area (Å²) in [6.45, 7) is 0.115. The Bertz CT molecular complexity index is 532. The van der Waals surface area contributed by atoms with Gasteiger partial charge in [0.05, 0.1) is 11.1 Å². The highest BCUT2D eigenvalue weighted by Gasteiger charge is 2.39. The van der Waals surface area contributed by atoms with Crippen molar-refractivity contribution in [2.24, 2.45) is 0 Å². The maximum Gasteiger partial charge on any atom is 0.273 e. The first-order valence-electron chi connectivity index (χ1n) is 6.87. The summed E-state index contributed by atoms with van der Waals surface area (Å²) in [7, 11) is 0. The predicted octanol–water partition coefficient (Wildman–Crippen LogP) is 1.62. The lowest BCUT2D eigenvalue weighted by Gasteiger charge is -2.43. The maximum atomic E-state index is 12.6. The number of piperazine rings is 1. The number of amides is 2. The van der Waals surface area contributed by atoms with Crippen LogP contribution in [-0.4, -0.2) is 40.3 Å². The number of nitrogens with zero attached hydrogens (tertiary/aromatic N) is 2. The minimum atomic E-state index is -0.187. The molecule has 5 nitrogen and oxygen atoms in total. The summed E-state index contributed by atoms with van der Waals surface area (Å²) in [5.74, 6) is -0.274. The molecule has 1 N–H and O–H groups in total. The molecule has 1 aliphatic heterocycles. The molecule has 1 saturated heterocycles. The number of fused-ring (bicyclic) bond motifs is 1. The summed E-state index contributed by atoms with van der Waals surface area (Å²) in [5.41, 5.74) is 0.341. The Balaban J connectivity index is 1.84. The summed E-state index contributed by atoms with van der Waals surface area (Å²) in [6, 6.07) is 3.42. The van der Waals surface area contributed by atoms with E-state index in [9.17, 15) is 9.59 Å². The minimum Gasteiger partial charge on any atom is -0.350 e. The molecule has 2 atom stereocenters. The van der Waals surface area contributed by atoms with Crippen LogP contribution in [0.15, 0.2) is 18.3 Å². The fraction of sp³-hybridized carbons (Fsp3) is 0.500. The fourth-order valence-corrected chi connectivity index (χ4v) is 3.16. The molecule has 2 amide bonds. The van der Waals surface area contributed by atoms with Gasteiger partial charge in [0.2, 0.25) is 5.91 Å². The van der Waals surface area contributed by atoms with Gasteiger partial charge in [-0.05, 0) is 25.0 Å². The van der Waals surface area contributed by atoms with Crippen LogP contribution in [-0.2, 0) is 4.79 Å². The molecule has 1 aliphatic carbocycles. The number of aromatic nitrogens is 1. The third-order valence-corrected chi connectivity index (χ3v) is 4.22. The quantitative estimate of drug-likeness (QED) is 0.856. The second-order valence-electron chi connectivity index (χ2n) is 5.32. The van der Waals surface area contributed by atoms with Crippen LogP contribution in [0.3, 0.4) is 0 Å². The van der Waals surface area contributed by atoms with Crippen molar-refractivity contribution in [1.82, 2.24) is 15.2 Å². The highest BCUT2D eigenvalue weighted by molar-refractivity contribution is 6.30. The van der Waals surface area contributed by atoms with Crippen LogP contribution < -0.4 is 5.32 Å². The first-order chi connectivity index (χ1) is 9.65. The largest absolute Gasteiger partial charge is 0.350 e. The van der Waals surface area contributed by atoms with Gasteiger partial charge in [0.25, 0.3) is 5.91 Å². The number of nitrogens with one attached hydrogen (secondary N) is 1. The van der Waals surface area contributed by atoms with E-state index in [1.165, 1.54) is 6.20 Å². The molecule has 6 heteroatoms. The van der Waals surface area contributed by atoms with Crippen molar-refractivity contribution in [3.8, 4) is 0 Å². The molecule has 0 radical (unpaired) electrons. The van der Waals surface area contributed by atoms with Crippen LogP contribution in [0, 0.1) is 0 Å². The number of hydrogen-bond donors (Lipinski definition) is 1. The van der Waals surface area contributed by atoms with Gasteiger partial charge in [0, 0.05) is 12.2 Å². The van der Waals surface area contributed by atoms with Gasteiger partial charge in [0.1, 0.15) is 12.2 Å². The third kappa shape index (κ3) is 2.50. The number of rotatable bonds is 1. The van der Waals surface area contributed by atoms with E-state index in [0.717, 1.165) is 25.7 Å². The normalized spacial score (nSPS) is 25.9. The van der Waals surface area contributed by atoms with E-state index in [2.05, 4.69) is 10.3 Å². The third-order valence-electron chi connectivity index (χ3n) is 4.00. The van der Waals surface area contributed by atoms with E-state index in [1.807, 2.05) is 0 Å². The van der Waals surface area contributed by atoms with Crippen LogP contribution >= 0.6 is 11.6 Å². The van der Waals surface area contributed by atoms with Gasteiger partial charge in [-0.2, -0.15) is 0 Å². The molecule has 3 rings (SSSR count). The molecular formula is C14H16ClN3O2. The average molecular weight is 294 g/mol. The second kappa shape index (κ2) is 5.40. The van der Waals surface area contributed by atoms with Crippen LogP contribution in [0.1, 0.15) is 36.2 Å². The Morgan fingerprint density at radius 3 is 2.90 bits per heavy atom. The van der Waals surface area contributed by atoms with Crippen LogP contribution in [0.4, 0.5) is 0 Å². The number of hydrogen-bond acceptors (Lipinski definition) is 3. The first kappa shape index (κ1) is 13.4. The van der Waals surface area contributed by atoms with Crippen molar-refractivity contribution in [3.63, 3.8) is 0 Å². The van der Waals surface area contributed by atoms with Crippen molar-refractivity contribution in [1.29, 1.82) is 0 Å². The van der Waals surface area contributed by atoms with Gasteiger partial charge >= 0.3 is 0 Å². The van der Waals surface area contributed by atoms with Crippen LogP contribution in [0.2, 0.25) is 5.02 Å². The molecule has 106 valence electrons. The standard InChI is InChI=1S/C14H16ClN3O2/c15-9-5-6-11(16-7-9)14(20)18-8-13(19)17-10-3-1-2-4-12(10)18/h5-7,10,12H,1-4,8H2,(H,17,19)/t10-,12-/m0/s1. The van der Waals surface area contributed by atoms with E-state index < -0.39 is 0 Å². The highest BCUT2D eigenvalue weighted by atomic mass is 35.5. The summed E-state index contributed by atoms with van der Waals surface area (Å²) in [6.07, 6.45) is 5.52. The zero-order valence-electron chi connectivity index (χ0n) is 11.0. The SMILES string of the molecule is O=C1CN(C(=O)c2ccc(Cl)cn2)[C@H]2CCCC[C@@H]2N1. The Hall–Kier alpha value is -1.62. The smallest absolute Gasteiger partial charge is 0.273 e. The van der Waals surface area contributed by atoms with Gasteiger partial charge < -0.3 is 10.2 Å². The van der Waals surface area contributed by atoms with E-state index >= 15 is 0 Å². The summed E-state index contributed by atoms with van der Waals surface area (Å²) >= 11 is 5.78. The lowest BCUT2D eigenvalue weighted by Crippen LogP contribution is -2.63. The molecular weight excluding hydrogens is 278 g/mol. The number of carbonyl (C=O) groups excluding carboxylic acids is 2. The Morgan fingerprint density at radius 2 is 2.15 bits per heavy atom. The van der Waals surface area contributed by atoms with Crippen LogP contribution in [0.5, 0.6) is 0 Å². The molecule has 0 unspecified atom stereocenters. The molecule has 0 aromatic carbocycles. The van der Waals surface area contributed by atoms with Crippen molar-refractivity contribution >= 4 is 23.4 Å². The Labute approximate surface area is 122 Å². The lowest BCUT2D eigenvalue weighted by molar-refractivity contribution is -0.127. The monoisotopic (exact) mass is 293 g/mol. The summed E-state index contributed by atoms with van der Waals surface area (Å²) in [5, 5.41) is 3.48. The second-order valence-corrected chi connectivity index (χ2v) is 5.76. The average Bonchev–Trinajstić information content (AvgIpc) is 2.46. The predicted molar refractivity (Wildman–Crippen MR) is 74.5 cm³/mol. The first-order valence-corrected chi connectivity index (χ1v) is 7.25. The molecule has 1 saturated carbocycles. The molecule has 2 heterocycles. The zero-order chi connectivity index (χ0) is 14.1. The van der Waals surface area contributed by atoms with Gasteiger partial charge in [-0.25, -0.2) is 4.98 Å². The van der Waals surface area contributed by atoms with Crippen molar-refractivity contribution < 1.29 is 9.59 Å². The number of carbonyl (C=O) groups is 2. The summed E-state index contributed by atoms with van der Waals surface area (Å²) in [4.78, 5) is 30.1. The minimum absolute atomic E-state index is 0.0845.